The lowest BCUT2D eigenvalue weighted by atomic mass is 9.98. The van der Waals surface area contributed by atoms with Crippen molar-refractivity contribution in [2.24, 2.45) is 5.92 Å². The molecule has 4 atom stereocenters. The van der Waals surface area contributed by atoms with Crippen LogP contribution in [0, 0.1) is 5.92 Å². The minimum atomic E-state index is -0.820. The molecule has 0 radical (unpaired) electrons. The van der Waals surface area contributed by atoms with Gasteiger partial charge in [0.15, 0.2) is 0 Å². The van der Waals surface area contributed by atoms with E-state index in [2.05, 4.69) is 11.9 Å². The molecule has 0 bridgehead atoms. The molecule has 8 nitrogen and oxygen atoms in total. The number of likely N-dealkylation sites (tertiary alicyclic amines) is 1. The Labute approximate surface area is 202 Å². The second kappa shape index (κ2) is 12.0. The molecule has 1 saturated heterocycles. The molecule has 1 N–H and O–H groups in total. The van der Waals surface area contributed by atoms with Crippen molar-refractivity contribution < 1.29 is 28.6 Å². The fourth-order valence-corrected chi connectivity index (χ4v) is 3.70. The third-order valence-electron chi connectivity index (χ3n) is 5.86. The van der Waals surface area contributed by atoms with Crippen LogP contribution in [-0.2, 0) is 30.4 Å². The molecule has 0 spiro atoms. The fraction of sp³-hybridized carbons (Fsp3) is 0.577. The minimum Gasteiger partial charge on any atom is -0.467 e. The first-order valence-corrected chi connectivity index (χ1v) is 11.7. The summed E-state index contributed by atoms with van der Waals surface area (Å²) in [5, 5.41) is 2.79. The van der Waals surface area contributed by atoms with Gasteiger partial charge >= 0.3 is 12.1 Å². The summed E-state index contributed by atoms with van der Waals surface area (Å²) in [6, 6.07) is 6.19. The summed E-state index contributed by atoms with van der Waals surface area (Å²) < 4.78 is 16.5. The molecule has 2 amide bonds. The first-order valence-electron chi connectivity index (χ1n) is 11.7. The van der Waals surface area contributed by atoms with Gasteiger partial charge in [0.25, 0.3) is 0 Å². The molecule has 188 valence electrons. The zero-order chi connectivity index (χ0) is 25.5. The highest BCUT2D eigenvalue weighted by Crippen LogP contribution is 2.25. The maximum atomic E-state index is 13.2. The predicted octanol–water partition coefficient (Wildman–Crippen LogP) is 3.93. The van der Waals surface area contributed by atoms with Crippen LogP contribution in [0.25, 0.3) is 6.08 Å². The third-order valence-corrected chi connectivity index (χ3v) is 5.86. The lowest BCUT2D eigenvalue weighted by Crippen LogP contribution is -2.53. The van der Waals surface area contributed by atoms with Gasteiger partial charge in [0.05, 0.1) is 26.4 Å². The summed E-state index contributed by atoms with van der Waals surface area (Å²) in [6.07, 6.45) is 1.79. The van der Waals surface area contributed by atoms with Crippen molar-refractivity contribution in [2.75, 3.05) is 13.7 Å². The van der Waals surface area contributed by atoms with Crippen LogP contribution in [0.5, 0.6) is 0 Å². The van der Waals surface area contributed by atoms with E-state index in [9.17, 15) is 14.4 Å². The fourth-order valence-electron chi connectivity index (χ4n) is 3.70. The van der Waals surface area contributed by atoms with E-state index in [1.54, 1.807) is 26.8 Å². The Morgan fingerprint density at radius 3 is 2.41 bits per heavy atom. The maximum absolute atomic E-state index is 13.2. The zero-order valence-electron chi connectivity index (χ0n) is 21.1. The summed E-state index contributed by atoms with van der Waals surface area (Å²) in [6.45, 7) is 13.4. The maximum Gasteiger partial charge on any atom is 0.411 e. The number of carbonyl (C=O) groups is 3. The van der Waals surface area contributed by atoms with Gasteiger partial charge in [-0.05, 0) is 37.8 Å². The Morgan fingerprint density at radius 1 is 1.24 bits per heavy atom. The molecule has 2 rings (SSSR count). The second-order valence-electron chi connectivity index (χ2n) is 9.66. The van der Waals surface area contributed by atoms with Gasteiger partial charge in [-0.25, -0.2) is 9.59 Å². The lowest BCUT2D eigenvalue weighted by molar-refractivity contribution is -0.147. The van der Waals surface area contributed by atoms with Gasteiger partial charge in [-0.3, -0.25) is 9.69 Å². The smallest absolute Gasteiger partial charge is 0.411 e. The number of amides is 2. The second-order valence-corrected chi connectivity index (χ2v) is 9.66. The quantitative estimate of drug-likeness (QED) is 0.545. The Morgan fingerprint density at radius 2 is 1.88 bits per heavy atom. The third kappa shape index (κ3) is 7.58. The molecule has 1 aliphatic rings. The van der Waals surface area contributed by atoms with Gasteiger partial charge in [-0.1, -0.05) is 57.2 Å². The van der Waals surface area contributed by atoms with E-state index in [4.69, 9.17) is 14.2 Å². The molecule has 0 aromatic heterocycles. The van der Waals surface area contributed by atoms with Gasteiger partial charge in [-0.2, -0.15) is 0 Å². The molecule has 8 heteroatoms. The number of ether oxygens (including phenoxy) is 3. The van der Waals surface area contributed by atoms with E-state index in [1.807, 2.05) is 38.1 Å². The normalized spacial score (nSPS) is 19.8. The van der Waals surface area contributed by atoms with Crippen LogP contribution < -0.4 is 5.32 Å². The number of nitrogens with zero attached hydrogens (tertiary/aromatic N) is 1. The molecule has 0 unspecified atom stereocenters. The van der Waals surface area contributed by atoms with Crippen molar-refractivity contribution in [3.63, 3.8) is 0 Å². The Kier molecular flexibility index (Phi) is 9.67. The highest BCUT2D eigenvalue weighted by atomic mass is 16.6. The Hall–Kier alpha value is -2.87. The average molecular weight is 475 g/mol. The molecule has 1 aromatic rings. The first-order chi connectivity index (χ1) is 16.0. The van der Waals surface area contributed by atoms with Crippen molar-refractivity contribution in [3.05, 3.63) is 42.0 Å². The summed E-state index contributed by atoms with van der Waals surface area (Å²) in [5.41, 5.74) is 1.28. The lowest BCUT2D eigenvalue weighted by Gasteiger charge is -2.29. The number of hydrogen-bond donors (Lipinski definition) is 1. The summed E-state index contributed by atoms with van der Waals surface area (Å²) in [5.74, 6) is -1.07. The largest absolute Gasteiger partial charge is 0.467 e. The van der Waals surface area contributed by atoms with Crippen molar-refractivity contribution in [3.8, 4) is 0 Å². The molecule has 1 aromatic carbocycles. The van der Waals surface area contributed by atoms with Crippen molar-refractivity contribution in [1.82, 2.24) is 10.2 Å². The van der Waals surface area contributed by atoms with Gasteiger partial charge in [-0.15, -0.1) is 0 Å². The van der Waals surface area contributed by atoms with Gasteiger partial charge < -0.3 is 19.5 Å². The summed E-state index contributed by atoms with van der Waals surface area (Å²) in [4.78, 5) is 39.8. The molecule has 1 fully saturated rings. The van der Waals surface area contributed by atoms with E-state index < -0.39 is 35.7 Å². The zero-order valence-corrected chi connectivity index (χ0v) is 21.1. The molecular weight excluding hydrogens is 436 g/mol. The van der Waals surface area contributed by atoms with Gasteiger partial charge in [0.2, 0.25) is 5.91 Å². The number of hydrogen-bond acceptors (Lipinski definition) is 6. The molecule has 0 aliphatic carbocycles. The minimum absolute atomic E-state index is 0.127. The summed E-state index contributed by atoms with van der Waals surface area (Å²) in [7, 11) is 1.29. The van der Waals surface area contributed by atoms with E-state index in [0.29, 0.717) is 19.4 Å². The SMILES string of the molecule is C=Cc1ccc(CO[C@@H]2C[C@@H](C(=O)N[C@H](C(=O)OC)[C@@H](C)CC)N(C(=O)OC(C)(C)C)C2)cc1. The van der Waals surface area contributed by atoms with E-state index in [-0.39, 0.29) is 18.6 Å². The van der Waals surface area contributed by atoms with Crippen LogP contribution >= 0.6 is 0 Å². The number of rotatable bonds is 9. The number of methoxy groups -OCH3 is 1. The molecule has 1 heterocycles. The summed E-state index contributed by atoms with van der Waals surface area (Å²) >= 11 is 0. The molecule has 34 heavy (non-hydrogen) atoms. The van der Waals surface area contributed by atoms with E-state index in [0.717, 1.165) is 11.1 Å². The van der Waals surface area contributed by atoms with Crippen LogP contribution in [0.4, 0.5) is 4.79 Å². The van der Waals surface area contributed by atoms with Crippen molar-refractivity contribution in [2.45, 2.75) is 77.9 Å². The van der Waals surface area contributed by atoms with Gasteiger partial charge in [0.1, 0.15) is 17.7 Å². The monoisotopic (exact) mass is 474 g/mol. The van der Waals surface area contributed by atoms with Crippen LogP contribution in [0.2, 0.25) is 0 Å². The average Bonchev–Trinajstić information content (AvgIpc) is 3.24. The first kappa shape index (κ1) is 27.4. The van der Waals surface area contributed by atoms with E-state index in [1.165, 1.54) is 12.0 Å². The Bertz CT molecular complexity index is 861. The Balaban J connectivity index is 2.15. The molecule has 1 aliphatic heterocycles. The highest BCUT2D eigenvalue weighted by molar-refractivity contribution is 5.90. The van der Waals surface area contributed by atoms with Crippen LogP contribution in [0.3, 0.4) is 0 Å². The van der Waals surface area contributed by atoms with Crippen molar-refractivity contribution in [1.29, 1.82) is 0 Å². The van der Waals surface area contributed by atoms with Crippen LogP contribution in [-0.4, -0.2) is 60.3 Å². The standard InChI is InChI=1S/C26H38N2O6/c1-8-17(3)22(24(30)32-7)27-23(29)21-14-20(15-28(21)25(31)34-26(4,5)6)33-16-19-12-10-18(9-2)11-13-19/h9-13,17,20-22H,2,8,14-16H2,1,3-7H3,(H,27,29)/t17-,20+,21-,22-/m0/s1. The topological polar surface area (TPSA) is 94.2 Å². The van der Waals surface area contributed by atoms with Gasteiger partial charge in [0, 0.05) is 6.42 Å². The molecular formula is C26H38N2O6. The van der Waals surface area contributed by atoms with Crippen LogP contribution in [0.15, 0.2) is 30.8 Å². The highest BCUT2D eigenvalue weighted by Gasteiger charge is 2.43. The number of benzene rings is 1. The van der Waals surface area contributed by atoms with E-state index >= 15 is 0 Å². The number of esters is 1. The predicted molar refractivity (Wildman–Crippen MR) is 130 cm³/mol. The number of carbonyl (C=O) groups excluding carboxylic acids is 3. The van der Waals surface area contributed by atoms with Crippen LogP contribution in [0.1, 0.15) is 58.6 Å². The van der Waals surface area contributed by atoms with Crippen molar-refractivity contribution >= 4 is 24.0 Å². The number of nitrogens with one attached hydrogen (secondary N) is 1. The molecule has 0 saturated carbocycles.